The molecule has 1 aromatic rings. The van der Waals surface area contributed by atoms with Crippen LogP contribution in [-0.2, 0) is 0 Å². The number of thioether (sulfide) groups is 1. The molecule has 1 unspecified atom stereocenters. The summed E-state index contributed by atoms with van der Waals surface area (Å²) < 4.78 is 5.10. The van der Waals surface area contributed by atoms with E-state index >= 15 is 0 Å². The molecule has 0 saturated carbocycles. The molecule has 4 nitrogen and oxygen atoms in total. The highest BCUT2D eigenvalue weighted by Gasteiger charge is 2.13. The monoisotopic (exact) mass is 253 g/mol. The molecule has 5 heteroatoms. The molecule has 0 aliphatic carbocycles. The van der Waals surface area contributed by atoms with Crippen molar-refractivity contribution in [3.8, 4) is 5.88 Å². The summed E-state index contributed by atoms with van der Waals surface area (Å²) in [6.07, 6.45) is 4.00. The second-order valence-corrected chi connectivity index (χ2v) is 5.57. The molecule has 2 rings (SSSR count). The molecule has 0 spiro atoms. The van der Waals surface area contributed by atoms with Crippen molar-refractivity contribution in [1.29, 1.82) is 0 Å². The predicted octanol–water partition coefficient (Wildman–Crippen LogP) is 2.37. The molecular formula is C12H19N3OS. The summed E-state index contributed by atoms with van der Waals surface area (Å²) in [6.45, 7) is 0.963. The van der Waals surface area contributed by atoms with Crippen molar-refractivity contribution in [2.75, 3.05) is 30.5 Å². The van der Waals surface area contributed by atoms with Gasteiger partial charge in [-0.2, -0.15) is 16.7 Å². The Labute approximate surface area is 106 Å². The lowest BCUT2D eigenvalue weighted by molar-refractivity contribution is 0.401. The maximum atomic E-state index is 5.72. The first-order chi connectivity index (χ1) is 8.29. The van der Waals surface area contributed by atoms with Crippen LogP contribution in [0.1, 0.15) is 19.3 Å². The molecule has 3 N–H and O–H groups in total. The molecule has 1 fully saturated rings. The van der Waals surface area contributed by atoms with Gasteiger partial charge in [-0.25, -0.2) is 0 Å². The first-order valence-corrected chi connectivity index (χ1v) is 7.00. The van der Waals surface area contributed by atoms with E-state index in [0.717, 1.165) is 12.4 Å². The Hall–Kier alpha value is -1.10. The van der Waals surface area contributed by atoms with Crippen LogP contribution in [0, 0.1) is 0 Å². The smallest absolute Gasteiger partial charge is 0.238 e. The number of pyridine rings is 1. The van der Waals surface area contributed by atoms with Crippen LogP contribution in [0.15, 0.2) is 12.1 Å². The second-order valence-electron chi connectivity index (χ2n) is 4.16. The van der Waals surface area contributed by atoms with Crippen LogP contribution in [0.3, 0.4) is 0 Å². The van der Waals surface area contributed by atoms with Crippen molar-refractivity contribution in [3.63, 3.8) is 0 Å². The molecule has 1 atom stereocenters. The third-order valence-electron chi connectivity index (χ3n) is 2.87. The number of nitrogens with two attached hydrogens (primary N) is 1. The van der Waals surface area contributed by atoms with E-state index in [2.05, 4.69) is 10.3 Å². The predicted molar refractivity (Wildman–Crippen MR) is 73.8 cm³/mol. The molecule has 1 saturated heterocycles. The lowest BCUT2D eigenvalue weighted by Gasteiger charge is -2.21. The highest BCUT2D eigenvalue weighted by Crippen LogP contribution is 2.26. The van der Waals surface area contributed by atoms with Crippen LogP contribution in [0.25, 0.3) is 0 Å². The fourth-order valence-corrected chi connectivity index (χ4v) is 3.14. The summed E-state index contributed by atoms with van der Waals surface area (Å²) in [5.74, 6) is 2.61. The molecule has 2 heterocycles. The summed E-state index contributed by atoms with van der Waals surface area (Å²) in [4.78, 5) is 4.31. The fraction of sp³-hybridized carbons (Fsp3) is 0.583. The molecule has 17 heavy (non-hydrogen) atoms. The van der Waals surface area contributed by atoms with Crippen molar-refractivity contribution >= 4 is 23.3 Å². The number of hydrogen-bond acceptors (Lipinski definition) is 5. The molecule has 0 bridgehead atoms. The topological polar surface area (TPSA) is 60.2 Å². The van der Waals surface area contributed by atoms with Crippen molar-refractivity contribution in [2.24, 2.45) is 0 Å². The zero-order valence-corrected chi connectivity index (χ0v) is 10.9. The molecular weight excluding hydrogens is 234 g/mol. The largest absolute Gasteiger partial charge is 0.479 e. The van der Waals surface area contributed by atoms with E-state index in [4.69, 9.17) is 10.5 Å². The third-order valence-corrected chi connectivity index (χ3v) is 4.27. The van der Waals surface area contributed by atoms with Crippen LogP contribution in [0.5, 0.6) is 5.88 Å². The first kappa shape index (κ1) is 12.4. The maximum Gasteiger partial charge on any atom is 0.238 e. The minimum Gasteiger partial charge on any atom is -0.479 e. The minimum atomic E-state index is 0.492. The number of anilines is 2. The lowest BCUT2D eigenvalue weighted by atomic mass is 10.2. The minimum absolute atomic E-state index is 0.492. The molecule has 1 aromatic heterocycles. The number of nitrogens with one attached hydrogen (secondary N) is 1. The van der Waals surface area contributed by atoms with Gasteiger partial charge in [0.25, 0.3) is 0 Å². The maximum absolute atomic E-state index is 5.72. The number of nitrogen functional groups attached to an aromatic ring is 1. The first-order valence-electron chi connectivity index (χ1n) is 5.95. The van der Waals surface area contributed by atoms with Gasteiger partial charge in [-0.15, -0.1) is 0 Å². The van der Waals surface area contributed by atoms with Crippen LogP contribution in [0.4, 0.5) is 11.5 Å². The zero-order valence-electron chi connectivity index (χ0n) is 10.1. The van der Waals surface area contributed by atoms with E-state index in [-0.39, 0.29) is 0 Å². The molecule has 0 amide bonds. The van der Waals surface area contributed by atoms with Gasteiger partial charge in [-0.05, 0) is 30.7 Å². The van der Waals surface area contributed by atoms with Gasteiger partial charge in [-0.1, -0.05) is 6.42 Å². The fourth-order valence-electron chi connectivity index (χ4n) is 1.90. The molecule has 94 valence electrons. The van der Waals surface area contributed by atoms with E-state index in [1.54, 1.807) is 7.11 Å². The summed E-state index contributed by atoms with van der Waals surface area (Å²) in [7, 11) is 1.58. The Bertz CT molecular complexity index is 367. The number of aromatic nitrogens is 1. The number of nitrogens with zero attached hydrogens (tertiary/aromatic N) is 1. The van der Waals surface area contributed by atoms with Gasteiger partial charge in [-0.3, -0.25) is 0 Å². The van der Waals surface area contributed by atoms with Crippen LogP contribution >= 0.6 is 11.8 Å². The van der Waals surface area contributed by atoms with E-state index < -0.39 is 0 Å². The summed E-state index contributed by atoms with van der Waals surface area (Å²) in [5, 5.41) is 4.05. The number of rotatable bonds is 4. The van der Waals surface area contributed by atoms with Gasteiger partial charge in [0.2, 0.25) is 5.88 Å². The second kappa shape index (κ2) is 6.00. The van der Waals surface area contributed by atoms with E-state index in [0.29, 0.717) is 16.8 Å². The summed E-state index contributed by atoms with van der Waals surface area (Å²) in [6, 6.07) is 3.72. The van der Waals surface area contributed by atoms with Gasteiger partial charge < -0.3 is 15.8 Å². The van der Waals surface area contributed by atoms with Gasteiger partial charge in [0.15, 0.2) is 0 Å². The Kier molecular flexibility index (Phi) is 4.36. The van der Waals surface area contributed by atoms with Gasteiger partial charge >= 0.3 is 0 Å². The van der Waals surface area contributed by atoms with Crippen LogP contribution in [-0.4, -0.2) is 29.6 Å². The van der Waals surface area contributed by atoms with Gasteiger partial charge in [0.1, 0.15) is 5.82 Å². The van der Waals surface area contributed by atoms with Crippen LogP contribution < -0.4 is 15.8 Å². The van der Waals surface area contributed by atoms with E-state index in [1.807, 2.05) is 23.9 Å². The standard InChI is InChI=1S/C12H19N3OS/c1-16-12-10(13)5-6-11(15-12)14-8-9-4-2-3-7-17-9/h5-6,9H,2-4,7-8,13H2,1H3,(H,14,15). The van der Waals surface area contributed by atoms with E-state index in [1.165, 1.54) is 25.0 Å². The van der Waals surface area contributed by atoms with Crippen molar-refractivity contribution in [3.05, 3.63) is 12.1 Å². The number of methoxy groups -OCH3 is 1. The van der Waals surface area contributed by atoms with E-state index in [9.17, 15) is 0 Å². The third kappa shape index (κ3) is 3.43. The zero-order chi connectivity index (χ0) is 12.1. The van der Waals surface area contributed by atoms with Crippen LogP contribution in [0.2, 0.25) is 0 Å². The average Bonchev–Trinajstić information content (AvgIpc) is 2.39. The molecule has 1 aliphatic rings. The van der Waals surface area contributed by atoms with Crippen molar-refractivity contribution in [1.82, 2.24) is 4.98 Å². The lowest BCUT2D eigenvalue weighted by Crippen LogP contribution is -2.20. The average molecular weight is 253 g/mol. The Balaban J connectivity index is 1.89. The highest BCUT2D eigenvalue weighted by molar-refractivity contribution is 7.99. The molecule has 0 radical (unpaired) electrons. The Morgan fingerprint density at radius 2 is 2.41 bits per heavy atom. The summed E-state index contributed by atoms with van der Waals surface area (Å²) in [5.41, 5.74) is 6.29. The van der Waals surface area contributed by atoms with Crippen molar-refractivity contribution in [2.45, 2.75) is 24.5 Å². The highest BCUT2D eigenvalue weighted by atomic mass is 32.2. The normalized spacial score (nSPS) is 19.9. The SMILES string of the molecule is COc1nc(NCC2CCCCS2)ccc1N. The Morgan fingerprint density at radius 1 is 1.53 bits per heavy atom. The number of hydrogen-bond donors (Lipinski definition) is 2. The summed E-state index contributed by atoms with van der Waals surface area (Å²) >= 11 is 2.05. The van der Waals surface area contributed by atoms with Gasteiger partial charge in [0, 0.05) is 11.8 Å². The number of ether oxygens (including phenoxy) is 1. The quantitative estimate of drug-likeness (QED) is 0.862. The molecule has 1 aliphatic heterocycles. The van der Waals surface area contributed by atoms with Gasteiger partial charge in [0.05, 0.1) is 12.8 Å². The molecule has 0 aromatic carbocycles. The van der Waals surface area contributed by atoms with Crippen molar-refractivity contribution < 1.29 is 4.74 Å². The Morgan fingerprint density at radius 3 is 3.12 bits per heavy atom.